The molecule has 0 unspecified atom stereocenters. The molecule has 0 saturated carbocycles. The van der Waals surface area contributed by atoms with E-state index in [4.69, 9.17) is 14.6 Å². The molecule has 2 rings (SSSR count). The van der Waals surface area contributed by atoms with Crippen LogP contribution in [0.25, 0.3) is 0 Å². The Morgan fingerprint density at radius 3 is 1.89 bits per heavy atom. The summed E-state index contributed by atoms with van der Waals surface area (Å²) in [6, 6.07) is 13.4. The van der Waals surface area contributed by atoms with Crippen LogP contribution in [-0.2, 0) is 19.6 Å². The Hall–Kier alpha value is -2.82. The average molecular weight is 500 g/mol. The molecule has 0 heterocycles. The van der Waals surface area contributed by atoms with E-state index in [0.29, 0.717) is 17.9 Å². The molecule has 0 aliphatic heterocycles. The van der Waals surface area contributed by atoms with Crippen LogP contribution in [0.1, 0.15) is 84.1 Å². The number of hydrogen-bond donors (Lipinski definition) is 1. The van der Waals surface area contributed by atoms with Crippen LogP contribution in [0.3, 0.4) is 0 Å². The number of benzene rings is 2. The molecule has 2 aromatic carbocycles. The van der Waals surface area contributed by atoms with Gasteiger partial charge >= 0.3 is 5.97 Å². The maximum absolute atomic E-state index is 11.7. The second kappa shape index (κ2) is 13.9. The molecule has 6 nitrogen and oxygen atoms in total. The minimum Gasteiger partial charge on any atom is -0.460 e. The number of carbonyl (C=O) groups excluding carboxylic acids is 1. The van der Waals surface area contributed by atoms with E-state index in [1.807, 2.05) is 45.0 Å². The molecule has 0 aliphatic rings. The van der Waals surface area contributed by atoms with Crippen molar-refractivity contribution in [3.63, 3.8) is 0 Å². The van der Waals surface area contributed by atoms with Crippen LogP contribution in [0.4, 0.5) is 0 Å². The highest BCUT2D eigenvalue weighted by atomic mass is 32.2. The molecule has 7 heteroatoms. The zero-order chi connectivity index (χ0) is 25.7. The molecule has 0 saturated heterocycles. The van der Waals surface area contributed by atoms with Gasteiger partial charge in [-0.25, -0.2) is 13.6 Å². The summed E-state index contributed by atoms with van der Waals surface area (Å²) in [5.74, 6) is 7.47. The van der Waals surface area contributed by atoms with Gasteiger partial charge in [0.1, 0.15) is 17.1 Å². The highest BCUT2D eigenvalue weighted by Gasteiger charge is 2.15. The third-order valence-corrected chi connectivity index (χ3v) is 6.01. The average Bonchev–Trinajstić information content (AvgIpc) is 2.77. The highest BCUT2D eigenvalue weighted by molar-refractivity contribution is 7.89. The van der Waals surface area contributed by atoms with Gasteiger partial charge in [0.2, 0.25) is 10.0 Å². The molecule has 0 aromatic heterocycles. The largest absolute Gasteiger partial charge is 0.460 e. The van der Waals surface area contributed by atoms with Crippen LogP contribution in [0, 0.1) is 11.8 Å². The van der Waals surface area contributed by atoms with Crippen molar-refractivity contribution < 1.29 is 22.7 Å². The van der Waals surface area contributed by atoms with Crippen molar-refractivity contribution in [2.75, 3.05) is 0 Å². The molecule has 0 aliphatic carbocycles. The second-order valence-electron chi connectivity index (χ2n) is 9.51. The van der Waals surface area contributed by atoms with E-state index in [0.717, 1.165) is 44.1 Å². The van der Waals surface area contributed by atoms with E-state index < -0.39 is 15.6 Å². The summed E-state index contributed by atoms with van der Waals surface area (Å²) < 4.78 is 33.7. The van der Waals surface area contributed by atoms with Crippen LogP contribution >= 0.6 is 0 Å². The normalized spacial score (nSPS) is 11.4. The molecule has 190 valence electrons. The molecule has 0 amide bonds. The Balaban J connectivity index is 1.57. The Labute approximate surface area is 210 Å². The van der Waals surface area contributed by atoms with Crippen molar-refractivity contribution in [1.29, 1.82) is 0 Å². The van der Waals surface area contributed by atoms with Crippen molar-refractivity contribution in [1.82, 2.24) is 0 Å². The van der Waals surface area contributed by atoms with E-state index in [-0.39, 0.29) is 10.9 Å². The number of hydrogen-bond acceptors (Lipinski definition) is 5. The van der Waals surface area contributed by atoms with Gasteiger partial charge in [0.15, 0.2) is 0 Å². The first-order valence-corrected chi connectivity index (χ1v) is 13.7. The van der Waals surface area contributed by atoms with Crippen molar-refractivity contribution in [3.8, 4) is 23.3 Å². The number of nitrogens with two attached hydrogens (primary N) is 1. The maximum atomic E-state index is 11.7. The Morgan fingerprint density at radius 1 is 0.829 bits per heavy atom. The lowest BCUT2D eigenvalue weighted by Gasteiger charge is -2.19. The van der Waals surface area contributed by atoms with E-state index in [2.05, 4.69) is 11.8 Å². The zero-order valence-corrected chi connectivity index (χ0v) is 21.8. The standard InChI is InChI=1S/C28H37NO5S/c1-28(2,3)34-27(30)14-12-10-8-6-4-5-7-9-11-13-23-15-17-24(18-16-23)33-25-19-21-26(22-20-25)35(29,31)32/h15-22H,4-10,12,14H2,1-3H3,(H2,29,31,32). The summed E-state index contributed by atoms with van der Waals surface area (Å²) in [4.78, 5) is 11.7. The van der Waals surface area contributed by atoms with Crippen LogP contribution in [-0.4, -0.2) is 20.0 Å². The van der Waals surface area contributed by atoms with Gasteiger partial charge in [-0.1, -0.05) is 43.9 Å². The molecule has 0 bridgehead atoms. The number of ether oxygens (including phenoxy) is 2. The van der Waals surface area contributed by atoms with Gasteiger partial charge in [-0.15, -0.1) is 0 Å². The van der Waals surface area contributed by atoms with E-state index in [1.165, 1.54) is 25.0 Å². The summed E-state index contributed by atoms with van der Waals surface area (Å²) in [7, 11) is -3.71. The third-order valence-electron chi connectivity index (χ3n) is 5.08. The van der Waals surface area contributed by atoms with Gasteiger partial charge in [0.25, 0.3) is 0 Å². The molecular formula is C28H37NO5S. The van der Waals surface area contributed by atoms with Gasteiger partial charge in [0, 0.05) is 18.4 Å². The molecule has 0 spiro atoms. The Morgan fingerprint density at radius 2 is 1.34 bits per heavy atom. The maximum Gasteiger partial charge on any atom is 0.306 e. The molecule has 2 aromatic rings. The third kappa shape index (κ3) is 12.4. The van der Waals surface area contributed by atoms with E-state index in [9.17, 15) is 13.2 Å². The first-order chi connectivity index (χ1) is 16.5. The summed E-state index contributed by atoms with van der Waals surface area (Å²) in [6.07, 6.45) is 9.13. The van der Waals surface area contributed by atoms with Gasteiger partial charge in [-0.2, -0.15) is 0 Å². The second-order valence-corrected chi connectivity index (χ2v) is 11.1. The fourth-order valence-electron chi connectivity index (χ4n) is 3.36. The summed E-state index contributed by atoms with van der Waals surface area (Å²) in [5.41, 5.74) is 0.527. The summed E-state index contributed by atoms with van der Waals surface area (Å²) in [5, 5.41) is 5.10. The van der Waals surface area contributed by atoms with E-state index in [1.54, 1.807) is 12.1 Å². The predicted molar refractivity (Wildman–Crippen MR) is 139 cm³/mol. The molecule has 0 atom stereocenters. The van der Waals surface area contributed by atoms with Crippen LogP contribution in [0.2, 0.25) is 0 Å². The van der Waals surface area contributed by atoms with Crippen molar-refractivity contribution in [2.45, 2.75) is 89.1 Å². The number of unbranched alkanes of at least 4 members (excludes halogenated alkanes) is 7. The fraction of sp³-hybridized carbons (Fsp3) is 0.464. The monoisotopic (exact) mass is 499 g/mol. The van der Waals surface area contributed by atoms with Gasteiger partial charge in [0.05, 0.1) is 4.90 Å². The number of sulfonamides is 1. The molecule has 0 radical (unpaired) electrons. The topological polar surface area (TPSA) is 95.7 Å². The Bertz CT molecular complexity index is 1090. The lowest BCUT2D eigenvalue weighted by atomic mass is 10.1. The van der Waals surface area contributed by atoms with E-state index >= 15 is 0 Å². The lowest BCUT2D eigenvalue weighted by Crippen LogP contribution is -2.23. The van der Waals surface area contributed by atoms with Gasteiger partial charge < -0.3 is 9.47 Å². The summed E-state index contributed by atoms with van der Waals surface area (Å²) >= 11 is 0. The number of esters is 1. The van der Waals surface area contributed by atoms with Gasteiger partial charge in [-0.3, -0.25) is 4.79 Å². The minimum atomic E-state index is -3.71. The van der Waals surface area contributed by atoms with Crippen LogP contribution < -0.4 is 9.88 Å². The predicted octanol–water partition coefficient (Wildman–Crippen LogP) is 6.33. The van der Waals surface area contributed by atoms with Gasteiger partial charge in [-0.05, 0) is 82.1 Å². The SMILES string of the molecule is CC(C)(C)OC(=O)CCCCCCCCCC#Cc1ccc(Oc2ccc(S(N)(=O)=O)cc2)cc1. The lowest BCUT2D eigenvalue weighted by molar-refractivity contribution is -0.154. The van der Waals surface area contributed by atoms with Crippen LogP contribution in [0.5, 0.6) is 11.5 Å². The number of rotatable bonds is 12. The smallest absolute Gasteiger partial charge is 0.306 e. The van der Waals surface area contributed by atoms with Crippen molar-refractivity contribution in [2.24, 2.45) is 5.14 Å². The molecule has 2 N–H and O–H groups in total. The number of carbonyl (C=O) groups is 1. The molecule has 35 heavy (non-hydrogen) atoms. The first-order valence-electron chi connectivity index (χ1n) is 12.1. The highest BCUT2D eigenvalue weighted by Crippen LogP contribution is 2.23. The number of primary sulfonamides is 1. The molecular weight excluding hydrogens is 462 g/mol. The van der Waals surface area contributed by atoms with Crippen LogP contribution in [0.15, 0.2) is 53.4 Å². The fourth-order valence-corrected chi connectivity index (χ4v) is 3.88. The quantitative estimate of drug-likeness (QED) is 0.209. The Kier molecular flexibility index (Phi) is 11.3. The van der Waals surface area contributed by atoms with Crippen molar-refractivity contribution >= 4 is 16.0 Å². The first kappa shape index (κ1) is 28.4. The minimum absolute atomic E-state index is 0.0470. The zero-order valence-electron chi connectivity index (χ0n) is 21.0. The molecule has 0 fully saturated rings. The summed E-state index contributed by atoms with van der Waals surface area (Å²) in [6.45, 7) is 5.68. The van der Waals surface area contributed by atoms with Crippen molar-refractivity contribution in [3.05, 3.63) is 54.1 Å².